The summed E-state index contributed by atoms with van der Waals surface area (Å²) in [6.45, 7) is 1.46. The van der Waals surface area contributed by atoms with Crippen molar-refractivity contribution in [1.29, 1.82) is 0 Å². The summed E-state index contributed by atoms with van der Waals surface area (Å²) in [5.74, 6) is 0.508. The zero-order valence-electron chi connectivity index (χ0n) is 18.7. The first kappa shape index (κ1) is 21.9. The van der Waals surface area contributed by atoms with Crippen molar-refractivity contribution in [3.05, 3.63) is 59.3 Å². The quantitative estimate of drug-likeness (QED) is 0.467. The standard InChI is InChI=1S/C25H28N2O5/c1-30-15-7-14-27-24(28)22(18-11-12-20(31-2)21(16-18)32-3)23(25(27)29)26-13-6-9-17-8-4-5-10-19(17)26/h4-5,8,10-12,16H,6-7,9,13-15H2,1-3H3. The molecule has 0 bridgehead atoms. The number of methoxy groups -OCH3 is 3. The van der Waals surface area contributed by atoms with Crippen molar-refractivity contribution in [2.45, 2.75) is 19.3 Å². The van der Waals surface area contributed by atoms with Gasteiger partial charge in [-0.3, -0.25) is 14.5 Å². The highest BCUT2D eigenvalue weighted by molar-refractivity contribution is 6.36. The van der Waals surface area contributed by atoms with Crippen LogP contribution in [0.4, 0.5) is 5.69 Å². The number of ether oxygens (including phenoxy) is 3. The van der Waals surface area contributed by atoms with Gasteiger partial charge in [-0.2, -0.15) is 0 Å². The Labute approximate surface area is 188 Å². The van der Waals surface area contributed by atoms with E-state index in [1.807, 2.05) is 23.1 Å². The van der Waals surface area contributed by atoms with Gasteiger partial charge < -0.3 is 19.1 Å². The number of imide groups is 1. The second kappa shape index (κ2) is 9.44. The van der Waals surface area contributed by atoms with Crippen LogP contribution in [0.15, 0.2) is 48.2 Å². The number of aryl methyl sites for hydroxylation is 1. The minimum Gasteiger partial charge on any atom is -0.493 e. The fraction of sp³-hybridized carbons (Fsp3) is 0.360. The van der Waals surface area contributed by atoms with Gasteiger partial charge in [0.15, 0.2) is 11.5 Å². The average molecular weight is 437 g/mol. The first-order valence-corrected chi connectivity index (χ1v) is 10.8. The van der Waals surface area contributed by atoms with E-state index in [2.05, 4.69) is 6.07 Å². The van der Waals surface area contributed by atoms with E-state index in [-0.39, 0.29) is 11.8 Å². The van der Waals surface area contributed by atoms with E-state index in [0.29, 0.717) is 54.4 Å². The second-order valence-electron chi connectivity index (χ2n) is 7.79. The Morgan fingerprint density at radius 3 is 2.47 bits per heavy atom. The van der Waals surface area contributed by atoms with Crippen LogP contribution in [0.5, 0.6) is 11.5 Å². The van der Waals surface area contributed by atoms with Gasteiger partial charge >= 0.3 is 0 Å². The zero-order chi connectivity index (χ0) is 22.7. The fourth-order valence-corrected chi connectivity index (χ4v) is 4.40. The molecule has 0 saturated carbocycles. The summed E-state index contributed by atoms with van der Waals surface area (Å²) >= 11 is 0. The third-order valence-corrected chi connectivity index (χ3v) is 5.93. The number of carbonyl (C=O) groups excluding carboxylic acids is 2. The number of rotatable bonds is 8. The number of anilines is 1. The van der Waals surface area contributed by atoms with Gasteiger partial charge in [-0.1, -0.05) is 24.3 Å². The van der Waals surface area contributed by atoms with Crippen LogP contribution in [0, 0.1) is 0 Å². The monoisotopic (exact) mass is 436 g/mol. The number of carbonyl (C=O) groups is 2. The molecule has 0 spiro atoms. The van der Waals surface area contributed by atoms with E-state index in [0.717, 1.165) is 18.5 Å². The molecule has 2 aliphatic rings. The number of fused-ring (bicyclic) bond motifs is 1. The molecule has 0 saturated heterocycles. The van der Waals surface area contributed by atoms with E-state index < -0.39 is 0 Å². The molecule has 0 radical (unpaired) electrons. The van der Waals surface area contributed by atoms with Gasteiger partial charge in [0, 0.05) is 32.5 Å². The molecule has 0 aliphatic carbocycles. The number of benzene rings is 2. The molecule has 0 aromatic heterocycles. The summed E-state index contributed by atoms with van der Waals surface area (Å²) in [7, 11) is 4.72. The highest BCUT2D eigenvalue weighted by atomic mass is 16.5. The maximum atomic E-state index is 13.6. The Morgan fingerprint density at radius 2 is 1.72 bits per heavy atom. The Bertz CT molecular complexity index is 1060. The number of amides is 2. The van der Waals surface area contributed by atoms with Crippen molar-refractivity contribution in [2.75, 3.05) is 45.9 Å². The summed E-state index contributed by atoms with van der Waals surface area (Å²) in [5.41, 5.74) is 3.60. The van der Waals surface area contributed by atoms with E-state index in [4.69, 9.17) is 14.2 Å². The molecule has 2 amide bonds. The van der Waals surface area contributed by atoms with Crippen molar-refractivity contribution < 1.29 is 23.8 Å². The lowest BCUT2D eigenvalue weighted by molar-refractivity contribution is -0.137. The maximum absolute atomic E-state index is 13.6. The normalized spacial score (nSPS) is 16.0. The lowest BCUT2D eigenvalue weighted by Crippen LogP contribution is -2.37. The Morgan fingerprint density at radius 1 is 0.938 bits per heavy atom. The smallest absolute Gasteiger partial charge is 0.278 e. The Hall–Kier alpha value is -3.32. The predicted octanol–water partition coefficient (Wildman–Crippen LogP) is 3.27. The molecular formula is C25H28N2O5. The SMILES string of the molecule is COCCCN1C(=O)C(c2ccc(OC)c(OC)c2)=C(N2CCCc3ccccc32)C1=O. The summed E-state index contributed by atoms with van der Waals surface area (Å²) in [6, 6.07) is 13.4. The fourth-order valence-electron chi connectivity index (χ4n) is 4.40. The van der Waals surface area contributed by atoms with Crippen LogP contribution in [0.2, 0.25) is 0 Å². The molecule has 2 aliphatic heterocycles. The summed E-state index contributed by atoms with van der Waals surface area (Å²) in [6.07, 6.45) is 2.44. The van der Waals surface area contributed by atoms with E-state index >= 15 is 0 Å². The largest absolute Gasteiger partial charge is 0.493 e. The number of hydrogen-bond acceptors (Lipinski definition) is 6. The molecule has 7 heteroatoms. The van der Waals surface area contributed by atoms with Gasteiger partial charge in [0.2, 0.25) is 0 Å². The van der Waals surface area contributed by atoms with Crippen LogP contribution in [0.25, 0.3) is 5.57 Å². The van der Waals surface area contributed by atoms with Crippen LogP contribution < -0.4 is 14.4 Å². The van der Waals surface area contributed by atoms with Crippen molar-refractivity contribution in [2.24, 2.45) is 0 Å². The van der Waals surface area contributed by atoms with Gasteiger partial charge in [0.05, 0.1) is 19.8 Å². The molecule has 2 aromatic rings. The van der Waals surface area contributed by atoms with Crippen molar-refractivity contribution in [3.8, 4) is 11.5 Å². The Balaban J connectivity index is 1.84. The third kappa shape index (κ3) is 3.84. The topological polar surface area (TPSA) is 68.3 Å². The molecule has 32 heavy (non-hydrogen) atoms. The van der Waals surface area contributed by atoms with E-state index in [1.165, 1.54) is 10.5 Å². The maximum Gasteiger partial charge on any atom is 0.278 e. The predicted molar refractivity (Wildman–Crippen MR) is 122 cm³/mol. The van der Waals surface area contributed by atoms with Gasteiger partial charge in [0.1, 0.15) is 5.70 Å². The molecule has 4 rings (SSSR count). The summed E-state index contributed by atoms with van der Waals surface area (Å²) < 4.78 is 15.9. The van der Waals surface area contributed by atoms with E-state index in [9.17, 15) is 9.59 Å². The van der Waals surface area contributed by atoms with Gasteiger partial charge in [0.25, 0.3) is 11.8 Å². The number of nitrogens with zero attached hydrogens (tertiary/aromatic N) is 2. The molecule has 0 fully saturated rings. The molecule has 0 unspecified atom stereocenters. The van der Waals surface area contributed by atoms with Gasteiger partial charge in [-0.25, -0.2) is 0 Å². The summed E-state index contributed by atoms with van der Waals surface area (Å²) in [5, 5.41) is 0. The lowest BCUT2D eigenvalue weighted by atomic mass is 9.98. The Kier molecular flexibility index (Phi) is 6.46. The zero-order valence-corrected chi connectivity index (χ0v) is 18.7. The third-order valence-electron chi connectivity index (χ3n) is 5.93. The van der Waals surface area contributed by atoms with Gasteiger partial charge in [-0.05, 0) is 48.6 Å². The second-order valence-corrected chi connectivity index (χ2v) is 7.79. The van der Waals surface area contributed by atoms with Crippen molar-refractivity contribution >= 4 is 23.1 Å². The lowest BCUT2D eigenvalue weighted by Gasteiger charge is -2.32. The van der Waals surface area contributed by atoms with E-state index in [1.54, 1.807) is 39.5 Å². The molecule has 0 atom stereocenters. The molecule has 168 valence electrons. The van der Waals surface area contributed by atoms with Crippen molar-refractivity contribution in [3.63, 3.8) is 0 Å². The number of hydrogen-bond donors (Lipinski definition) is 0. The van der Waals surface area contributed by atoms with Crippen LogP contribution >= 0.6 is 0 Å². The highest BCUT2D eigenvalue weighted by Crippen LogP contribution is 2.40. The van der Waals surface area contributed by atoms with Crippen LogP contribution in [-0.2, 0) is 20.7 Å². The number of para-hydroxylation sites is 1. The molecular weight excluding hydrogens is 408 g/mol. The summed E-state index contributed by atoms with van der Waals surface area (Å²) in [4.78, 5) is 30.5. The highest BCUT2D eigenvalue weighted by Gasteiger charge is 2.42. The van der Waals surface area contributed by atoms with Gasteiger partial charge in [-0.15, -0.1) is 0 Å². The minimum atomic E-state index is -0.295. The molecule has 2 heterocycles. The molecule has 7 nitrogen and oxygen atoms in total. The average Bonchev–Trinajstić information content (AvgIpc) is 3.08. The van der Waals surface area contributed by atoms with Crippen LogP contribution in [0.3, 0.4) is 0 Å². The molecule has 0 N–H and O–H groups in total. The van der Waals surface area contributed by atoms with Crippen LogP contribution in [-0.4, -0.2) is 57.7 Å². The first-order chi connectivity index (χ1) is 15.6. The molecule has 2 aromatic carbocycles. The van der Waals surface area contributed by atoms with Crippen molar-refractivity contribution in [1.82, 2.24) is 4.90 Å². The minimum absolute atomic E-state index is 0.271. The van der Waals surface area contributed by atoms with Crippen LogP contribution in [0.1, 0.15) is 24.0 Å². The first-order valence-electron chi connectivity index (χ1n) is 10.8.